The summed E-state index contributed by atoms with van der Waals surface area (Å²) in [7, 11) is 1.60. The fourth-order valence-corrected chi connectivity index (χ4v) is 2.98. The molecule has 0 saturated heterocycles. The van der Waals surface area contributed by atoms with E-state index in [1.165, 1.54) is 9.75 Å². The molecule has 0 spiro atoms. The lowest BCUT2D eigenvalue weighted by atomic mass is 10.1. The van der Waals surface area contributed by atoms with E-state index < -0.39 is 0 Å². The van der Waals surface area contributed by atoms with Crippen LogP contribution in [0, 0.1) is 0 Å². The zero-order chi connectivity index (χ0) is 13.7. The molecule has 1 N–H and O–H groups in total. The van der Waals surface area contributed by atoms with Crippen LogP contribution in [-0.2, 0) is 19.3 Å². The predicted molar refractivity (Wildman–Crippen MR) is 77.9 cm³/mol. The van der Waals surface area contributed by atoms with Gasteiger partial charge in [0.05, 0.1) is 13.2 Å². The van der Waals surface area contributed by atoms with Gasteiger partial charge >= 0.3 is 0 Å². The molecule has 2 aromatic heterocycles. The Kier molecular flexibility index (Phi) is 4.93. The van der Waals surface area contributed by atoms with Crippen LogP contribution in [0.1, 0.15) is 22.2 Å². The Bertz CT molecular complexity index is 507. The zero-order valence-corrected chi connectivity index (χ0v) is 12.1. The van der Waals surface area contributed by atoms with E-state index in [0.717, 1.165) is 12.0 Å². The Balaban J connectivity index is 1.90. The molecule has 19 heavy (non-hydrogen) atoms. The monoisotopic (exact) mass is 277 g/mol. The Morgan fingerprint density at radius 1 is 1.21 bits per heavy atom. The predicted octanol–water partition coefficient (Wildman–Crippen LogP) is 2.86. The lowest BCUT2D eigenvalue weighted by molar-refractivity contribution is 0.176. The Hall–Kier alpha value is -1.39. The molecule has 102 valence electrons. The summed E-state index contributed by atoms with van der Waals surface area (Å²) >= 11 is 1.78. The largest absolute Gasteiger partial charge is 0.481 e. The molecule has 0 aliphatic rings. The number of aryl methyl sites for hydroxylation is 1. The van der Waals surface area contributed by atoms with Crippen molar-refractivity contribution in [2.75, 3.05) is 7.11 Å². The SMILES string of the molecule is CCc1ccc(CC(O)Cc2ccc(OC)nc2)s1. The van der Waals surface area contributed by atoms with Gasteiger partial charge in [-0.3, -0.25) is 0 Å². The van der Waals surface area contributed by atoms with E-state index in [4.69, 9.17) is 4.74 Å². The highest BCUT2D eigenvalue weighted by molar-refractivity contribution is 7.11. The van der Waals surface area contributed by atoms with Crippen LogP contribution < -0.4 is 4.74 Å². The fourth-order valence-electron chi connectivity index (χ4n) is 1.95. The number of aliphatic hydroxyl groups is 1. The van der Waals surface area contributed by atoms with Crippen molar-refractivity contribution in [3.8, 4) is 5.88 Å². The molecule has 1 atom stereocenters. The van der Waals surface area contributed by atoms with Gasteiger partial charge in [-0.1, -0.05) is 13.0 Å². The van der Waals surface area contributed by atoms with Crippen molar-refractivity contribution in [3.05, 3.63) is 45.8 Å². The molecule has 0 amide bonds. The third-order valence-corrected chi connectivity index (χ3v) is 4.23. The molecular formula is C15H19NO2S. The second kappa shape index (κ2) is 6.68. The normalized spacial score (nSPS) is 12.4. The number of aliphatic hydroxyl groups excluding tert-OH is 1. The zero-order valence-electron chi connectivity index (χ0n) is 11.3. The standard InChI is InChI=1S/C15H19NO2S/c1-3-13-5-6-14(19-13)9-12(17)8-11-4-7-15(18-2)16-10-11/h4-7,10,12,17H,3,8-9H2,1-2H3. The first kappa shape index (κ1) is 14.0. The van der Waals surface area contributed by atoms with Gasteiger partial charge in [-0.15, -0.1) is 11.3 Å². The van der Waals surface area contributed by atoms with Crippen LogP contribution in [0.25, 0.3) is 0 Å². The Labute approximate surface area is 117 Å². The average molecular weight is 277 g/mol. The minimum absolute atomic E-state index is 0.362. The van der Waals surface area contributed by atoms with Crippen molar-refractivity contribution >= 4 is 11.3 Å². The molecule has 0 saturated carbocycles. The summed E-state index contributed by atoms with van der Waals surface area (Å²) in [5.74, 6) is 0.601. The van der Waals surface area contributed by atoms with Crippen LogP contribution in [0.4, 0.5) is 0 Å². The maximum absolute atomic E-state index is 10.1. The van der Waals surface area contributed by atoms with Gasteiger partial charge in [0.2, 0.25) is 5.88 Å². The summed E-state index contributed by atoms with van der Waals surface area (Å²) in [5, 5.41) is 10.1. The fraction of sp³-hybridized carbons (Fsp3) is 0.400. The van der Waals surface area contributed by atoms with Gasteiger partial charge in [-0.2, -0.15) is 0 Å². The first-order chi connectivity index (χ1) is 9.21. The van der Waals surface area contributed by atoms with E-state index in [-0.39, 0.29) is 6.10 Å². The first-order valence-corrected chi connectivity index (χ1v) is 7.27. The summed E-state index contributed by atoms with van der Waals surface area (Å²) < 4.78 is 5.01. The van der Waals surface area contributed by atoms with Crippen molar-refractivity contribution in [2.24, 2.45) is 0 Å². The third kappa shape index (κ3) is 4.04. The number of aromatic nitrogens is 1. The molecule has 4 heteroatoms. The van der Waals surface area contributed by atoms with Gasteiger partial charge < -0.3 is 9.84 Å². The molecule has 2 rings (SSSR count). The molecule has 0 aliphatic carbocycles. The van der Waals surface area contributed by atoms with Gasteiger partial charge in [0.1, 0.15) is 0 Å². The molecule has 2 heterocycles. The average Bonchev–Trinajstić information content (AvgIpc) is 2.87. The summed E-state index contributed by atoms with van der Waals surface area (Å²) in [6.45, 7) is 2.15. The topological polar surface area (TPSA) is 42.4 Å². The number of nitrogens with zero attached hydrogens (tertiary/aromatic N) is 1. The number of methoxy groups -OCH3 is 1. The van der Waals surface area contributed by atoms with Crippen molar-refractivity contribution in [1.82, 2.24) is 4.98 Å². The Morgan fingerprint density at radius 2 is 2.00 bits per heavy atom. The number of hydrogen-bond donors (Lipinski definition) is 1. The van der Waals surface area contributed by atoms with E-state index in [0.29, 0.717) is 18.7 Å². The number of ether oxygens (including phenoxy) is 1. The van der Waals surface area contributed by atoms with Crippen LogP contribution in [0.2, 0.25) is 0 Å². The quantitative estimate of drug-likeness (QED) is 0.883. The van der Waals surface area contributed by atoms with E-state index in [2.05, 4.69) is 24.0 Å². The third-order valence-electron chi connectivity index (χ3n) is 2.98. The van der Waals surface area contributed by atoms with E-state index in [9.17, 15) is 5.11 Å². The molecule has 0 aliphatic heterocycles. The van der Waals surface area contributed by atoms with Crippen molar-refractivity contribution in [3.63, 3.8) is 0 Å². The number of rotatable bonds is 6. The van der Waals surface area contributed by atoms with Crippen LogP contribution in [0.3, 0.4) is 0 Å². The van der Waals surface area contributed by atoms with E-state index in [1.54, 1.807) is 24.6 Å². The van der Waals surface area contributed by atoms with Gasteiger partial charge in [0, 0.05) is 34.9 Å². The molecule has 1 unspecified atom stereocenters. The van der Waals surface area contributed by atoms with Crippen molar-refractivity contribution in [1.29, 1.82) is 0 Å². The number of thiophene rings is 1. The molecule has 2 aromatic rings. The summed E-state index contributed by atoms with van der Waals surface area (Å²) in [4.78, 5) is 6.75. The second-order valence-corrected chi connectivity index (χ2v) is 5.75. The number of pyridine rings is 1. The molecule has 0 bridgehead atoms. The molecule has 0 aromatic carbocycles. The lowest BCUT2D eigenvalue weighted by Crippen LogP contribution is -2.13. The van der Waals surface area contributed by atoms with Gasteiger partial charge in [0.15, 0.2) is 0 Å². The molecule has 0 radical (unpaired) electrons. The van der Waals surface area contributed by atoms with Gasteiger partial charge in [-0.05, 0) is 24.1 Å². The molecular weight excluding hydrogens is 258 g/mol. The highest BCUT2D eigenvalue weighted by Crippen LogP contribution is 2.19. The van der Waals surface area contributed by atoms with E-state index in [1.807, 2.05) is 12.1 Å². The van der Waals surface area contributed by atoms with Crippen LogP contribution in [0.15, 0.2) is 30.5 Å². The summed E-state index contributed by atoms with van der Waals surface area (Å²) in [6.07, 6.45) is 3.78. The van der Waals surface area contributed by atoms with Crippen LogP contribution >= 0.6 is 11.3 Å². The lowest BCUT2D eigenvalue weighted by Gasteiger charge is -2.09. The van der Waals surface area contributed by atoms with Crippen molar-refractivity contribution in [2.45, 2.75) is 32.3 Å². The smallest absolute Gasteiger partial charge is 0.212 e. The number of hydrogen-bond acceptors (Lipinski definition) is 4. The maximum atomic E-state index is 10.1. The van der Waals surface area contributed by atoms with Gasteiger partial charge in [-0.25, -0.2) is 4.98 Å². The highest BCUT2D eigenvalue weighted by atomic mass is 32.1. The highest BCUT2D eigenvalue weighted by Gasteiger charge is 2.09. The van der Waals surface area contributed by atoms with E-state index >= 15 is 0 Å². The minimum Gasteiger partial charge on any atom is -0.481 e. The summed E-state index contributed by atoms with van der Waals surface area (Å²) in [6, 6.07) is 8.02. The molecule has 3 nitrogen and oxygen atoms in total. The second-order valence-electron chi connectivity index (χ2n) is 4.49. The summed E-state index contributed by atoms with van der Waals surface area (Å²) in [5.41, 5.74) is 1.03. The Morgan fingerprint density at radius 3 is 2.58 bits per heavy atom. The molecule has 0 fully saturated rings. The first-order valence-electron chi connectivity index (χ1n) is 6.45. The van der Waals surface area contributed by atoms with Crippen LogP contribution in [0.5, 0.6) is 5.88 Å². The maximum Gasteiger partial charge on any atom is 0.212 e. The van der Waals surface area contributed by atoms with Crippen LogP contribution in [-0.4, -0.2) is 23.3 Å². The minimum atomic E-state index is -0.362. The van der Waals surface area contributed by atoms with Gasteiger partial charge in [0.25, 0.3) is 0 Å². The van der Waals surface area contributed by atoms with Crippen molar-refractivity contribution < 1.29 is 9.84 Å².